The molecule has 25 heavy (non-hydrogen) atoms. The molecule has 0 aliphatic carbocycles. The van der Waals surface area contributed by atoms with E-state index < -0.39 is 17.6 Å². The fraction of sp³-hybridized carbons (Fsp3) is 0.158. The predicted octanol–water partition coefficient (Wildman–Crippen LogP) is 4.49. The second-order valence-corrected chi connectivity index (χ2v) is 5.40. The molecule has 0 aliphatic rings. The molecule has 2 rings (SSSR count). The van der Waals surface area contributed by atoms with Gasteiger partial charge in [0.15, 0.2) is 0 Å². The summed E-state index contributed by atoms with van der Waals surface area (Å²) in [6, 6.07) is 15.0. The summed E-state index contributed by atoms with van der Waals surface area (Å²) >= 11 is 0. The van der Waals surface area contributed by atoms with E-state index in [2.05, 4.69) is 5.32 Å². The lowest BCUT2D eigenvalue weighted by atomic mass is 10.1. The average Bonchev–Trinajstić information content (AvgIpc) is 2.59. The fourth-order valence-electron chi connectivity index (χ4n) is 2.22. The molecule has 0 aromatic heterocycles. The van der Waals surface area contributed by atoms with E-state index in [4.69, 9.17) is 5.26 Å². The van der Waals surface area contributed by atoms with E-state index in [1.165, 1.54) is 12.1 Å². The van der Waals surface area contributed by atoms with Crippen molar-refractivity contribution in [2.75, 3.05) is 0 Å². The van der Waals surface area contributed by atoms with E-state index >= 15 is 0 Å². The van der Waals surface area contributed by atoms with Crippen molar-refractivity contribution >= 4 is 12.0 Å². The SMILES string of the molecule is C[C@H](NC(=O)/C(C#N)=C\c1cccc(C(F)(F)F)c1)c1ccccc1. The summed E-state index contributed by atoms with van der Waals surface area (Å²) in [7, 11) is 0. The Morgan fingerprint density at radius 3 is 2.44 bits per heavy atom. The van der Waals surface area contributed by atoms with Crippen LogP contribution in [-0.4, -0.2) is 5.91 Å². The second kappa shape index (κ2) is 7.67. The highest BCUT2D eigenvalue weighted by Gasteiger charge is 2.30. The normalized spacial score (nSPS) is 13.0. The van der Waals surface area contributed by atoms with Gasteiger partial charge in [-0.1, -0.05) is 42.5 Å². The molecule has 0 radical (unpaired) electrons. The molecule has 1 atom stereocenters. The molecule has 0 bridgehead atoms. The average molecular weight is 344 g/mol. The molecule has 0 fully saturated rings. The van der Waals surface area contributed by atoms with Crippen LogP contribution in [0.2, 0.25) is 0 Å². The first kappa shape index (κ1) is 18.3. The van der Waals surface area contributed by atoms with E-state index in [-0.39, 0.29) is 17.2 Å². The summed E-state index contributed by atoms with van der Waals surface area (Å²) in [5.74, 6) is -0.642. The number of hydrogen-bond donors (Lipinski definition) is 1. The molecule has 0 unspecified atom stereocenters. The first-order chi connectivity index (χ1) is 11.8. The third kappa shape index (κ3) is 4.95. The summed E-state index contributed by atoms with van der Waals surface area (Å²) < 4.78 is 38.2. The van der Waals surface area contributed by atoms with Crippen LogP contribution in [0, 0.1) is 11.3 Å². The maximum absolute atomic E-state index is 12.7. The number of carbonyl (C=O) groups excluding carboxylic acids is 1. The minimum Gasteiger partial charge on any atom is -0.345 e. The summed E-state index contributed by atoms with van der Waals surface area (Å²) in [5, 5.41) is 11.8. The van der Waals surface area contributed by atoms with Gasteiger partial charge in [0.2, 0.25) is 0 Å². The van der Waals surface area contributed by atoms with Crippen LogP contribution >= 0.6 is 0 Å². The predicted molar refractivity (Wildman–Crippen MR) is 88.0 cm³/mol. The molecule has 128 valence electrons. The van der Waals surface area contributed by atoms with Gasteiger partial charge in [0.1, 0.15) is 11.6 Å². The van der Waals surface area contributed by atoms with Gasteiger partial charge >= 0.3 is 6.18 Å². The molecule has 0 saturated heterocycles. The van der Waals surface area contributed by atoms with E-state index in [0.717, 1.165) is 23.8 Å². The third-order valence-electron chi connectivity index (χ3n) is 3.54. The summed E-state index contributed by atoms with van der Waals surface area (Å²) in [6.45, 7) is 1.76. The van der Waals surface area contributed by atoms with Crippen LogP contribution in [0.15, 0.2) is 60.2 Å². The van der Waals surface area contributed by atoms with Crippen molar-refractivity contribution in [1.29, 1.82) is 5.26 Å². The minimum absolute atomic E-state index is 0.133. The molecule has 3 nitrogen and oxygen atoms in total. The van der Waals surface area contributed by atoms with Crippen molar-refractivity contribution in [3.8, 4) is 6.07 Å². The Hall–Kier alpha value is -3.07. The van der Waals surface area contributed by atoms with Crippen LogP contribution < -0.4 is 5.32 Å². The Labute approximate surface area is 143 Å². The number of amides is 1. The highest BCUT2D eigenvalue weighted by Crippen LogP contribution is 2.30. The van der Waals surface area contributed by atoms with Gasteiger partial charge in [-0.05, 0) is 36.3 Å². The van der Waals surface area contributed by atoms with E-state index in [1.54, 1.807) is 13.0 Å². The van der Waals surface area contributed by atoms with Crippen LogP contribution in [0.5, 0.6) is 0 Å². The Kier molecular flexibility index (Phi) is 5.60. The fourth-order valence-corrected chi connectivity index (χ4v) is 2.22. The number of nitriles is 1. The number of rotatable bonds is 4. The molecule has 0 saturated carbocycles. The molecule has 6 heteroatoms. The van der Waals surface area contributed by atoms with Crippen LogP contribution in [0.4, 0.5) is 13.2 Å². The standard InChI is InChI=1S/C19H15F3N2O/c1-13(15-7-3-2-4-8-15)24-18(25)16(12-23)10-14-6-5-9-17(11-14)19(20,21)22/h2-11,13H,1H3,(H,24,25)/b16-10-/t13-/m0/s1. The number of benzene rings is 2. The highest BCUT2D eigenvalue weighted by molar-refractivity contribution is 6.01. The molecule has 2 aromatic rings. The Balaban J connectivity index is 2.20. The molecule has 0 spiro atoms. The molecule has 0 heterocycles. The van der Waals surface area contributed by atoms with Gasteiger partial charge in [-0.3, -0.25) is 4.79 Å². The van der Waals surface area contributed by atoms with Crippen molar-refractivity contribution in [2.45, 2.75) is 19.1 Å². The number of hydrogen-bond acceptors (Lipinski definition) is 2. The lowest BCUT2D eigenvalue weighted by molar-refractivity contribution is -0.137. The minimum atomic E-state index is -4.49. The number of nitrogens with zero attached hydrogens (tertiary/aromatic N) is 1. The number of nitrogens with one attached hydrogen (secondary N) is 1. The molecular formula is C19H15F3N2O. The van der Waals surface area contributed by atoms with Gasteiger partial charge in [0.05, 0.1) is 11.6 Å². The maximum Gasteiger partial charge on any atom is 0.416 e. The Bertz CT molecular complexity index is 821. The number of halogens is 3. The first-order valence-electron chi connectivity index (χ1n) is 7.46. The molecular weight excluding hydrogens is 329 g/mol. The quantitative estimate of drug-likeness (QED) is 0.656. The van der Waals surface area contributed by atoms with Crippen LogP contribution in [0.25, 0.3) is 6.08 Å². The number of carbonyl (C=O) groups is 1. The van der Waals surface area contributed by atoms with Gasteiger partial charge in [0, 0.05) is 0 Å². The van der Waals surface area contributed by atoms with Gasteiger partial charge in [0.25, 0.3) is 5.91 Å². The second-order valence-electron chi connectivity index (χ2n) is 5.40. The lowest BCUT2D eigenvalue weighted by Crippen LogP contribution is -2.27. The van der Waals surface area contributed by atoms with E-state index in [9.17, 15) is 18.0 Å². The van der Waals surface area contributed by atoms with Crippen molar-refractivity contribution < 1.29 is 18.0 Å². The van der Waals surface area contributed by atoms with Crippen molar-refractivity contribution in [1.82, 2.24) is 5.32 Å². The van der Waals surface area contributed by atoms with Crippen LogP contribution in [-0.2, 0) is 11.0 Å². The summed E-state index contributed by atoms with van der Waals surface area (Å²) in [6.07, 6.45) is -3.34. The molecule has 1 amide bonds. The first-order valence-corrected chi connectivity index (χ1v) is 7.46. The maximum atomic E-state index is 12.7. The Morgan fingerprint density at radius 1 is 1.16 bits per heavy atom. The topological polar surface area (TPSA) is 52.9 Å². The number of alkyl halides is 3. The zero-order valence-corrected chi connectivity index (χ0v) is 13.3. The summed E-state index contributed by atoms with van der Waals surface area (Å²) in [4.78, 5) is 12.2. The van der Waals surface area contributed by atoms with Gasteiger partial charge in [-0.2, -0.15) is 18.4 Å². The van der Waals surface area contributed by atoms with Crippen LogP contribution in [0.1, 0.15) is 29.7 Å². The highest BCUT2D eigenvalue weighted by atomic mass is 19.4. The van der Waals surface area contributed by atoms with Gasteiger partial charge in [-0.25, -0.2) is 0 Å². The lowest BCUT2D eigenvalue weighted by Gasteiger charge is -2.14. The molecule has 1 N–H and O–H groups in total. The zero-order chi connectivity index (χ0) is 18.4. The van der Waals surface area contributed by atoms with Crippen molar-refractivity contribution in [2.24, 2.45) is 0 Å². The van der Waals surface area contributed by atoms with Gasteiger partial charge in [-0.15, -0.1) is 0 Å². The van der Waals surface area contributed by atoms with Crippen molar-refractivity contribution in [3.63, 3.8) is 0 Å². The smallest absolute Gasteiger partial charge is 0.345 e. The Morgan fingerprint density at radius 2 is 1.84 bits per heavy atom. The third-order valence-corrected chi connectivity index (χ3v) is 3.54. The van der Waals surface area contributed by atoms with Crippen molar-refractivity contribution in [3.05, 3.63) is 76.9 Å². The zero-order valence-electron chi connectivity index (χ0n) is 13.3. The monoisotopic (exact) mass is 344 g/mol. The molecule has 2 aromatic carbocycles. The van der Waals surface area contributed by atoms with E-state index in [0.29, 0.717) is 0 Å². The van der Waals surface area contributed by atoms with E-state index in [1.807, 2.05) is 30.3 Å². The van der Waals surface area contributed by atoms with Crippen LogP contribution in [0.3, 0.4) is 0 Å². The largest absolute Gasteiger partial charge is 0.416 e. The van der Waals surface area contributed by atoms with Gasteiger partial charge < -0.3 is 5.32 Å². The summed E-state index contributed by atoms with van der Waals surface area (Å²) in [5.41, 5.74) is -0.111. The molecule has 0 aliphatic heterocycles.